The molecule has 0 aliphatic heterocycles. The van der Waals surface area contributed by atoms with Crippen LogP contribution in [-0.4, -0.2) is 35.2 Å². The molecule has 0 saturated heterocycles. The lowest BCUT2D eigenvalue weighted by atomic mass is 10.4. The van der Waals surface area contributed by atoms with Crippen molar-refractivity contribution in [3.63, 3.8) is 0 Å². The number of ether oxygens (including phenoxy) is 2. The van der Waals surface area contributed by atoms with Crippen molar-refractivity contribution >= 4 is 17.8 Å². The first-order valence-electron chi connectivity index (χ1n) is 4.89. The minimum absolute atomic E-state index is 0.345. The highest BCUT2D eigenvalue weighted by atomic mass is 16.6. The first kappa shape index (κ1) is 14.4. The first-order valence-corrected chi connectivity index (χ1v) is 4.89. The molecule has 0 heterocycles. The van der Waals surface area contributed by atoms with Crippen LogP contribution in [0.4, 0.5) is 0 Å². The van der Waals surface area contributed by atoms with Crippen LogP contribution in [-0.2, 0) is 23.9 Å². The zero-order valence-corrected chi connectivity index (χ0v) is 10.1. The Morgan fingerprint density at radius 3 is 1.38 bits per heavy atom. The van der Waals surface area contributed by atoms with Gasteiger partial charge in [0.1, 0.15) is 0 Å². The average molecular weight is 231 g/mol. The maximum atomic E-state index is 11.3. The molecular weight excluding hydrogens is 214 g/mol. The van der Waals surface area contributed by atoms with Crippen LogP contribution in [0.3, 0.4) is 0 Å². The molecular formula is C10H17NO5. The Kier molecular flexibility index (Phi) is 5.49. The largest absolute Gasteiger partial charge is 0.442 e. The van der Waals surface area contributed by atoms with E-state index in [1.54, 1.807) is 0 Å². The topological polar surface area (TPSA) is 72.9 Å². The van der Waals surface area contributed by atoms with Gasteiger partial charge in [0.05, 0.1) is 0 Å². The molecule has 0 fully saturated rings. The van der Waals surface area contributed by atoms with E-state index < -0.39 is 24.4 Å². The fraction of sp³-hybridized carbons (Fsp3) is 0.700. The van der Waals surface area contributed by atoms with E-state index in [1.807, 2.05) is 0 Å². The molecule has 0 rings (SSSR count). The van der Waals surface area contributed by atoms with Crippen LogP contribution in [0.2, 0.25) is 0 Å². The molecule has 6 nitrogen and oxygen atoms in total. The molecule has 2 atom stereocenters. The van der Waals surface area contributed by atoms with E-state index in [0.717, 1.165) is 0 Å². The van der Waals surface area contributed by atoms with Crippen molar-refractivity contribution in [2.75, 3.05) is 0 Å². The lowest BCUT2D eigenvalue weighted by molar-refractivity contribution is -0.182. The average Bonchev–Trinajstić information content (AvgIpc) is 1.98. The number of rotatable bonds is 4. The Balaban J connectivity index is 4.65. The zero-order chi connectivity index (χ0) is 12.9. The smallest absolute Gasteiger partial charge is 0.304 e. The van der Waals surface area contributed by atoms with Gasteiger partial charge in [-0.05, 0) is 13.8 Å². The number of hydrogen-bond acceptors (Lipinski definition) is 5. The van der Waals surface area contributed by atoms with Crippen LogP contribution in [0.15, 0.2) is 0 Å². The lowest BCUT2D eigenvalue weighted by Gasteiger charge is -2.31. The molecule has 16 heavy (non-hydrogen) atoms. The summed E-state index contributed by atoms with van der Waals surface area (Å²) in [7, 11) is 0. The van der Waals surface area contributed by atoms with E-state index in [-0.39, 0.29) is 5.91 Å². The van der Waals surface area contributed by atoms with Crippen LogP contribution in [0, 0.1) is 0 Å². The van der Waals surface area contributed by atoms with E-state index in [2.05, 4.69) is 0 Å². The maximum Gasteiger partial charge on any atom is 0.304 e. The van der Waals surface area contributed by atoms with Gasteiger partial charge in [-0.3, -0.25) is 19.3 Å². The molecule has 0 saturated carbocycles. The van der Waals surface area contributed by atoms with Gasteiger partial charge in [0.25, 0.3) is 0 Å². The fourth-order valence-electron chi connectivity index (χ4n) is 1.40. The SMILES string of the molecule is CC(=O)OC(C)N(C(C)=O)C(C)OC(C)=O. The highest BCUT2D eigenvalue weighted by Gasteiger charge is 2.26. The summed E-state index contributed by atoms with van der Waals surface area (Å²) in [6.45, 7) is 6.85. The van der Waals surface area contributed by atoms with Gasteiger partial charge in [-0.25, -0.2) is 0 Å². The van der Waals surface area contributed by atoms with E-state index in [0.29, 0.717) is 0 Å². The molecule has 6 heteroatoms. The molecule has 1 amide bonds. The van der Waals surface area contributed by atoms with Crippen molar-refractivity contribution in [2.45, 2.75) is 47.1 Å². The van der Waals surface area contributed by atoms with Crippen LogP contribution in [0.1, 0.15) is 34.6 Å². The molecule has 0 aromatic carbocycles. The van der Waals surface area contributed by atoms with E-state index in [1.165, 1.54) is 39.5 Å². The summed E-state index contributed by atoms with van der Waals surface area (Å²) in [6.07, 6.45) is -1.55. The van der Waals surface area contributed by atoms with Crippen LogP contribution < -0.4 is 0 Å². The van der Waals surface area contributed by atoms with Gasteiger partial charge in [-0.2, -0.15) is 0 Å². The summed E-state index contributed by atoms with van der Waals surface area (Å²) in [4.78, 5) is 34.0. The molecule has 0 aromatic rings. The third-order valence-corrected chi connectivity index (χ3v) is 1.82. The van der Waals surface area contributed by atoms with Gasteiger partial charge < -0.3 is 9.47 Å². The molecule has 0 aromatic heterocycles. The number of esters is 2. The molecule has 0 aliphatic carbocycles. The summed E-state index contributed by atoms with van der Waals surface area (Å²) >= 11 is 0. The predicted molar refractivity (Wildman–Crippen MR) is 55.0 cm³/mol. The van der Waals surface area contributed by atoms with Crippen molar-refractivity contribution in [3.8, 4) is 0 Å². The molecule has 0 N–H and O–H groups in total. The van der Waals surface area contributed by atoms with Crippen LogP contribution in [0.25, 0.3) is 0 Å². The van der Waals surface area contributed by atoms with Gasteiger partial charge in [-0.1, -0.05) is 0 Å². The number of carbonyl (C=O) groups excluding carboxylic acids is 3. The van der Waals surface area contributed by atoms with Crippen LogP contribution in [0.5, 0.6) is 0 Å². The fourth-order valence-corrected chi connectivity index (χ4v) is 1.40. The van der Waals surface area contributed by atoms with Gasteiger partial charge >= 0.3 is 11.9 Å². The standard InChI is InChI=1S/C10H17NO5/c1-6(12)11(7(2)15-9(4)13)8(3)16-10(5)14/h7-8H,1-5H3. The van der Waals surface area contributed by atoms with E-state index in [4.69, 9.17) is 9.47 Å². The number of nitrogens with zero attached hydrogens (tertiary/aromatic N) is 1. The summed E-state index contributed by atoms with van der Waals surface area (Å²) < 4.78 is 9.70. The highest BCUT2D eigenvalue weighted by Crippen LogP contribution is 2.09. The first-order chi connectivity index (χ1) is 7.25. The van der Waals surface area contributed by atoms with E-state index in [9.17, 15) is 14.4 Å². The Morgan fingerprint density at radius 1 is 0.875 bits per heavy atom. The summed E-state index contributed by atoms with van der Waals surface area (Å²) in [5.41, 5.74) is 0. The minimum atomic E-state index is -0.774. The van der Waals surface area contributed by atoms with Crippen molar-refractivity contribution in [3.05, 3.63) is 0 Å². The number of hydrogen-bond donors (Lipinski definition) is 0. The third kappa shape index (κ3) is 4.77. The Hall–Kier alpha value is -1.59. The molecule has 2 unspecified atom stereocenters. The van der Waals surface area contributed by atoms with E-state index >= 15 is 0 Å². The maximum absolute atomic E-state index is 11.3. The van der Waals surface area contributed by atoms with Crippen molar-refractivity contribution in [2.24, 2.45) is 0 Å². The van der Waals surface area contributed by atoms with Gasteiger partial charge in [-0.15, -0.1) is 0 Å². The Bertz CT molecular complexity index is 267. The van der Waals surface area contributed by atoms with Gasteiger partial charge in [0.2, 0.25) is 5.91 Å². The molecule has 92 valence electrons. The minimum Gasteiger partial charge on any atom is -0.442 e. The number of carbonyl (C=O) groups is 3. The predicted octanol–water partition coefficient (Wildman–Crippen LogP) is 0.653. The quantitative estimate of drug-likeness (QED) is 0.524. The second-order valence-electron chi connectivity index (χ2n) is 3.34. The molecule has 0 bridgehead atoms. The second-order valence-corrected chi connectivity index (χ2v) is 3.34. The van der Waals surface area contributed by atoms with Crippen molar-refractivity contribution in [1.29, 1.82) is 0 Å². The van der Waals surface area contributed by atoms with Gasteiger partial charge in [0, 0.05) is 20.8 Å². The summed E-state index contributed by atoms with van der Waals surface area (Å²) in [5.74, 6) is -1.36. The molecule has 0 spiro atoms. The second kappa shape index (κ2) is 6.09. The number of amides is 1. The monoisotopic (exact) mass is 231 g/mol. The van der Waals surface area contributed by atoms with Crippen molar-refractivity contribution < 1.29 is 23.9 Å². The zero-order valence-electron chi connectivity index (χ0n) is 10.1. The third-order valence-electron chi connectivity index (χ3n) is 1.82. The Morgan fingerprint density at radius 2 is 1.19 bits per heavy atom. The Labute approximate surface area is 94.5 Å². The molecule has 0 radical (unpaired) electrons. The normalized spacial score (nSPS) is 13.6. The summed E-state index contributed by atoms with van der Waals surface area (Å²) in [5, 5.41) is 0. The molecule has 0 aliphatic rings. The van der Waals surface area contributed by atoms with Crippen LogP contribution >= 0.6 is 0 Å². The highest BCUT2D eigenvalue weighted by molar-refractivity contribution is 5.75. The van der Waals surface area contributed by atoms with Gasteiger partial charge in [0.15, 0.2) is 12.5 Å². The van der Waals surface area contributed by atoms with Crippen molar-refractivity contribution in [1.82, 2.24) is 4.90 Å². The summed E-state index contributed by atoms with van der Waals surface area (Å²) in [6, 6.07) is 0. The lowest BCUT2D eigenvalue weighted by Crippen LogP contribution is -2.47.